The van der Waals surface area contributed by atoms with Gasteiger partial charge in [0.2, 0.25) is 0 Å². The van der Waals surface area contributed by atoms with Crippen LogP contribution in [0, 0.1) is 0 Å². The smallest absolute Gasteiger partial charge is 0.308 e. The summed E-state index contributed by atoms with van der Waals surface area (Å²) in [6, 6.07) is 0. The molecule has 0 radical (unpaired) electrons. The molecule has 0 aliphatic carbocycles. The molecule has 0 bridgehead atoms. The number of esters is 1. The number of allylic oxidation sites excluding steroid dienone is 3. The van der Waals surface area contributed by atoms with E-state index in [4.69, 9.17) is 4.74 Å². The Morgan fingerprint density at radius 1 is 1.61 bits per heavy atom. The Bertz CT molecular complexity index is 496. The first kappa shape index (κ1) is 12.4. The van der Waals surface area contributed by atoms with E-state index in [1.807, 2.05) is 31.5 Å². The van der Waals surface area contributed by atoms with Crippen molar-refractivity contribution < 1.29 is 9.53 Å². The molecule has 2 aliphatic rings. The SMILES string of the molecule is CCC=NC1=C(OC(C)=O)C=CN2CC=CC=C12. The van der Waals surface area contributed by atoms with E-state index in [1.54, 1.807) is 6.08 Å². The highest BCUT2D eigenvalue weighted by molar-refractivity contribution is 5.69. The van der Waals surface area contributed by atoms with Gasteiger partial charge in [0.25, 0.3) is 0 Å². The van der Waals surface area contributed by atoms with Crippen molar-refractivity contribution in [2.45, 2.75) is 20.3 Å². The van der Waals surface area contributed by atoms with Gasteiger partial charge in [-0.05, 0) is 18.6 Å². The van der Waals surface area contributed by atoms with E-state index >= 15 is 0 Å². The maximum atomic E-state index is 11.1. The van der Waals surface area contributed by atoms with E-state index in [9.17, 15) is 4.79 Å². The quantitative estimate of drug-likeness (QED) is 0.566. The Kier molecular flexibility index (Phi) is 3.77. The van der Waals surface area contributed by atoms with Crippen molar-refractivity contribution in [2.75, 3.05) is 6.54 Å². The molecule has 0 saturated carbocycles. The molecule has 4 heteroatoms. The van der Waals surface area contributed by atoms with E-state index in [-0.39, 0.29) is 5.97 Å². The lowest BCUT2D eigenvalue weighted by Crippen LogP contribution is -2.24. The molecule has 0 spiro atoms. The van der Waals surface area contributed by atoms with Gasteiger partial charge in [-0.1, -0.05) is 19.1 Å². The standard InChI is InChI=1S/C14H16N2O2/c1-3-8-15-14-12-6-4-5-9-16(12)10-7-13(14)18-11(2)17/h4-8,10H,3,9H2,1-2H3. The van der Waals surface area contributed by atoms with Gasteiger partial charge in [0.15, 0.2) is 5.76 Å². The van der Waals surface area contributed by atoms with Crippen molar-refractivity contribution in [3.8, 4) is 0 Å². The highest BCUT2D eigenvalue weighted by Gasteiger charge is 2.21. The average molecular weight is 244 g/mol. The normalized spacial score (nSPS) is 18.1. The van der Waals surface area contributed by atoms with E-state index in [2.05, 4.69) is 16.0 Å². The lowest BCUT2D eigenvalue weighted by atomic mass is 10.1. The molecule has 0 saturated heterocycles. The third kappa shape index (κ3) is 2.59. The van der Waals surface area contributed by atoms with Crippen LogP contribution in [0.15, 0.2) is 52.6 Å². The van der Waals surface area contributed by atoms with Gasteiger partial charge in [0, 0.05) is 25.9 Å². The van der Waals surface area contributed by atoms with Gasteiger partial charge in [-0.3, -0.25) is 9.79 Å². The van der Waals surface area contributed by atoms with Crippen LogP contribution in [0.1, 0.15) is 20.3 Å². The summed E-state index contributed by atoms with van der Waals surface area (Å²) >= 11 is 0. The van der Waals surface area contributed by atoms with E-state index in [0.717, 1.165) is 18.7 Å². The minimum Gasteiger partial charge on any atom is -0.424 e. The zero-order valence-electron chi connectivity index (χ0n) is 10.6. The first-order chi connectivity index (χ1) is 8.72. The molecule has 18 heavy (non-hydrogen) atoms. The van der Waals surface area contributed by atoms with E-state index in [0.29, 0.717) is 11.5 Å². The van der Waals surface area contributed by atoms with Gasteiger partial charge in [-0.25, -0.2) is 0 Å². The fourth-order valence-electron chi connectivity index (χ4n) is 1.80. The lowest BCUT2D eigenvalue weighted by molar-refractivity contribution is -0.136. The van der Waals surface area contributed by atoms with Gasteiger partial charge in [0.1, 0.15) is 5.70 Å². The topological polar surface area (TPSA) is 41.9 Å². The molecule has 0 atom stereocenters. The zero-order chi connectivity index (χ0) is 13.0. The predicted octanol–water partition coefficient (Wildman–Crippen LogP) is 2.52. The van der Waals surface area contributed by atoms with Crippen molar-refractivity contribution in [1.82, 2.24) is 4.90 Å². The Balaban J connectivity index is 2.41. The van der Waals surface area contributed by atoms with Crippen LogP contribution in [-0.2, 0) is 9.53 Å². The van der Waals surface area contributed by atoms with Gasteiger partial charge in [0.05, 0.1) is 5.70 Å². The molecule has 2 aliphatic heterocycles. The minimum atomic E-state index is -0.334. The number of nitrogens with zero attached hydrogens (tertiary/aromatic N) is 2. The second-order valence-corrected chi connectivity index (χ2v) is 3.97. The maximum Gasteiger partial charge on any atom is 0.308 e. The summed E-state index contributed by atoms with van der Waals surface area (Å²) in [5.41, 5.74) is 1.67. The zero-order valence-corrected chi connectivity index (χ0v) is 10.6. The molecule has 94 valence electrons. The van der Waals surface area contributed by atoms with E-state index < -0.39 is 0 Å². The second-order valence-electron chi connectivity index (χ2n) is 3.97. The Hall–Kier alpha value is -2.10. The second kappa shape index (κ2) is 5.49. The summed E-state index contributed by atoms with van der Waals surface area (Å²) in [4.78, 5) is 17.6. The Labute approximate surface area is 107 Å². The number of aliphatic imine (C=N–C) groups is 1. The van der Waals surface area contributed by atoms with Crippen LogP contribution < -0.4 is 0 Å². The Morgan fingerprint density at radius 2 is 2.44 bits per heavy atom. The molecule has 0 unspecified atom stereocenters. The molecule has 0 aromatic carbocycles. The number of carbonyl (C=O) groups is 1. The molecular formula is C14H16N2O2. The molecule has 4 nitrogen and oxygen atoms in total. The highest BCUT2D eigenvalue weighted by Crippen LogP contribution is 2.28. The van der Waals surface area contributed by atoms with Crippen LogP contribution >= 0.6 is 0 Å². The van der Waals surface area contributed by atoms with Gasteiger partial charge < -0.3 is 9.64 Å². The molecule has 0 amide bonds. The summed E-state index contributed by atoms with van der Waals surface area (Å²) in [5.74, 6) is 0.171. The van der Waals surface area contributed by atoms with Crippen LogP contribution in [-0.4, -0.2) is 23.6 Å². The van der Waals surface area contributed by atoms with Crippen molar-refractivity contribution in [2.24, 2.45) is 4.99 Å². The monoisotopic (exact) mass is 244 g/mol. The number of fused-ring (bicyclic) bond motifs is 1. The van der Waals surface area contributed by atoms with Gasteiger partial charge in [-0.15, -0.1) is 0 Å². The van der Waals surface area contributed by atoms with Crippen LogP contribution in [0.4, 0.5) is 0 Å². The van der Waals surface area contributed by atoms with Crippen LogP contribution in [0.3, 0.4) is 0 Å². The molecule has 0 aromatic rings. The molecule has 2 rings (SSSR count). The van der Waals surface area contributed by atoms with Gasteiger partial charge in [-0.2, -0.15) is 0 Å². The fraction of sp³-hybridized carbons (Fsp3) is 0.286. The van der Waals surface area contributed by atoms with Crippen LogP contribution in [0.25, 0.3) is 0 Å². The molecule has 0 N–H and O–H groups in total. The van der Waals surface area contributed by atoms with Crippen molar-refractivity contribution in [1.29, 1.82) is 0 Å². The first-order valence-electron chi connectivity index (χ1n) is 5.99. The first-order valence-corrected chi connectivity index (χ1v) is 5.99. The fourth-order valence-corrected chi connectivity index (χ4v) is 1.80. The number of rotatable bonds is 3. The third-order valence-electron chi connectivity index (χ3n) is 2.54. The molecular weight excluding hydrogens is 228 g/mol. The number of ether oxygens (including phenoxy) is 1. The predicted molar refractivity (Wildman–Crippen MR) is 70.6 cm³/mol. The number of hydrogen-bond donors (Lipinski definition) is 0. The maximum absolute atomic E-state index is 11.1. The molecule has 0 fully saturated rings. The lowest BCUT2D eigenvalue weighted by Gasteiger charge is -2.28. The molecule has 2 heterocycles. The summed E-state index contributed by atoms with van der Waals surface area (Å²) < 4.78 is 5.20. The van der Waals surface area contributed by atoms with Crippen molar-refractivity contribution in [3.05, 3.63) is 47.7 Å². The average Bonchev–Trinajstić information content (AvgIpc) is 2.37. The number of carbonyl (C=O) groups excluding carboxylic acids is 1. The largest absolute Gasteiger partial charge is 0.424 e. The van der Waals surface area contributed by atoms with E-state index in [1.165, 1.54) is 6.92 Å². The van der Waals surface area contributed by atoms with Crippen molar-refractivity contribution >= 4 is 12.2 Å². The van der Waals surface area contributed by atoms with Crippen molar-refractivity contribution in [3.63, 3.8) is 0 Å². The third-order valence-corrected chi connectivity index (χ3v) is 2.54. The minimum absolute atomic E-state index is 0.334. The summed E-state index contributed by atoms with van der Waals surface area (Å²) in [7, 11) is 0. The summed E-state index contributed by atoms with van der Waals surface area (Å²) in [5, 5.41) is 0. The summed E-state index contributed by atoms with van der Waals surface area (Å²) in [6.07, 6.45) is 12.3. The molecule has 0 aromatic heterocycles. The summed E-state index contributed by atoms with van der Waals surface area (Å²) in [6.45, 7) is 4.21. The Morgan fingerprint density at radius 3 is 3.17 bits per heavy atom. The van der Waals surface area contributed by atoms with Crippen LogP contribution in [0.5, 0.6) is 0 Å². The van der Waals surface area contributed by atoms with Crippen LogP contribution in [0.2, 0.25) is 0 Å². The van der Waals surface area contributed by atoms with Gasteiger partial charge >= 0.3 is 5.97 Å². The number of hydrogen-bond acceptors (Lipinski definition) is 4. The highest BCUT2D eigenvalue weighted by atomic mass is 16.5.